The van der Waals surface area contributed by atoms with Crippen LogP contribution in [0.25, 0.3) is 0 Å². The van der Waals surface area contributed by atoms with Crippen LogP contribution >= 0.6 is 11.6 Å². The number of nitrogens with one attached hydrogen (secondary N) is 6. The molecule has 3 aliphatic rings. The molecule has 0 spiro atoms. The number of hydrogen-bond acceptors (Lipinski definition) is 9. The molecule has 6 N–H and O–H groups in total. The molecule has 78 heavy (non-hydrogen) atoms. The molecule has 418 valence electrons. The lowest BCUT2D eigenvalue weighted by Crippen LogP contribution is -2.62. The molecule has 1 saturated heterocycles. The summed E-state index contributed by atoms with van der Waals surface area (Å²) >= 11 is 6.54. The molecule has 1 fully saturated rings. The van der Waals surface area contributed by atoms with Crippen LogP contribution in [-0.4, -0.2) is 119 Å². The van der Waals surface area contributed by atoms with E-state index in [1.54, 1.807) is 68.1 Å². The lowest BCUT2D eigenvalue weighted by molar-refractivity contribution is -0.152. The third-order valence-electron chi connectivity index (χ3n) is 15.8. The lowest BCUT2D eigenvalue weighted by Gasteiger charge is -2.43. The van der Waals surface area contributed by atoms with E-state index in [0.29, 0.717) is 16.1 Å². The number of rotatable bonds is 17. The minimum atomic E-state index is -0.973. The molecule has 0 aromatic heterocycles. The van der Waals surface area contributed by atoms with E-state index in [-0.39, 0.29) is 68.1 Å². The van der Waals surface area contributed by atoms with Gasteiger partial charge in [0.25, 0.3) is 5.91 Å². The molecule has 9 atom stereocenters. The van der Waals surface area contributed by atoms with E-state index in [4.69, 9.17) is 11.6 Å². The molecule has 17 heteroatoms. The Bertz CT molecular complexity index is 2850. The minimum absolute atomic E-state index is 0.0353. The van der Waals surface area contributed by atoms with Crippen molar-refractivity contribution in [3.05, 3.63) is 141 Å². The van der Waals surface area contributed by atoms with Crippen LogP contribution in [-0.2, 0) is 54.7 Å². The molecule has 0 radical (unpaired) electrons. The number of fused-ring (bicyclic) bond motifs is 2. The largest absolute Gasteiger partial charge is 0.347 e. The van der Waals surface area contributed by atoms with E-state index >= 15 is 4.79 Å². The second kappa shape index (κ2) is 25.0. The number of hydrogen-bond donors (Lipinski definition) is 6. The summed E-state index contributed by atoms with van der Waals surface area (Å²) in [6.07, 6.45) is 2.96. The highest BCUT2D eigenvalue weighted by Gasteiger charge is 2.47. The Kier molecular flexibility index (Phi) is 18.9. The highest BCUT2D eigenvalue weighted by Crippen LogP contribution is 2.35. The van der Waals surface area contributed by atoms with E-state index in [1.807, 2.05) is 109 Å². The normalized spacial score (nSPS) is 20.2. The van der Waals surface area contributed by atoms with Gasteiger partial charge in [0, 0.05) is 42.7 Å². The van der Waals surface area contributed by atoms with Crippen LogP contribution in [0.15, 0.2) is 97.1 Å². The number of likely N-dealkylation sites (tertiary alicyclic amines) is 1. The molecule has 4 aromatic rings. The summed E-state index contributed by atoms with van der Waals surface area (Å²) in [6.45, 7) is 16.9. The maximum Gasteiger partial charge on any atom is 0.251 e. The second-order valence-electron chi connectivity index (χ2n) is 23.5. The van der Waals surface area contributed by atoms with Gasteiger partial charge in [-0.05, 0) is 129 Å². The number of nitrogens with zero attached hydrogens (tertiary/aromatic N) is 3. The monoisotopic (exact) mass is 1090 g/mol. The number of amides is 7. The van der Waals surface area contributed by atoms with Crippen molar-refractivity contribution in [3.63, 3.8) is 0 Å². The zero-order chi connectivity index (χ0) is 56.8. The van der Waals surface area contributed by atoms with Crippen LogP contribution in [0.2, 0.25) is 5.02 Å². The van der Waals surface area contributed by atoms with E-state index in [0.717, 1.165) is 41.5 Å². The van der Waals surface area contributed by atoms with Gasteiger partial charge in [0.15, 0.2) is 0 Å². The lowest BCUT2D eigenvalue weighted by atomic mass is 9.84. The quantitative estimate of drug-likeness (QED) is 0.0678. The van der Waals surface area contributed by atoms with Crippen molar-refractivity contribution in [2.45, 2.75) is 162 Å². The van der Waals surface area contributed by atoms with Gasteiger partial charge >= 0.3 is 0 Å². The summed E-state index contributed by atoms with van der Waals surface area (Å²) in [6, 6.07) is 23.8. The molecule has 0 bridgehead atoms. The molecule has 4 aromatic carbocycles. The average molecular weight is 1090 g/mol. The van der Waals surface area contributed by atoms with Gasteiger partial charge in [-0.2, -0.15) is 0 Å². The Morgan fingerprint density at radius 2 is 1.26 bits per heavy atom. The first-order valence-electron chi connectivity index (χ1n) is 27.4. The van der Waals surface area contributed by atoms with Gasteiger partial charge in [-0.15, -0.1) is 0 Å². The zero-order valence-corrected chi connectivity index (χ0v) is 47.9. The van der Waals surface area contributed by atoms with Crippen LogP contribution in [0.3, 0.4) is 0 Å². The molecular weight excluding hydrogens is 1010 g/mol. The number of aryl methyl sites for hydroxylation is 1. The van der Waals surface area contributed by atoms with Crippen molar-refractivity contribution in [1.82, 2.24) is 46.6 Å². The molecule has 0 saturated carbocycles. The third kappa shape index (κ3) is 13.8. The van der Waals surface area contributed by atoms with Crippen LogP contribution in [0, 0.1) is 10.8 Å². The van der Waals surface area contributed by atoms with Crippen LogP contribution < -0.4 is 31.9 Å². The van der Waals surface area contributed by atoms with E-state index in [9.17, 15) is 28.8 Å². The third-order valence-corrected chi connectivity index (χ3v) is 16.1. The summed E-state index contributed by atoms with van der Waals surface area (Å²) in [5, 5.41) is 18.7. The summed E-state index contributed by atoms with van der Waals surface area (Å²) in [7, 11) is 3.34. The predicted octanol–water partition coefficient (Wildman–Crippen LogP) is 6.55. The fraction of sp³-hybridized carbons (Fsp3) is 0.492. The Morgan fingerprint density at radius 3 is 1.85 bits per heavy atom. The Labute approximate surface area is 465 Å². The maximum atomic E-state index is 15.5. The molecule has 7 amide bonds. The molecule has 2 aliphatic heterocycles. The van der Waals surface area contributed by atoms with Crippen molar-refractivity contribution in [2.75, 3.05) is 20.6 Å². The van der Waals surface area contributed by atoms with Gasteiger partial charge in [0.2, 0.25) is 35.4 Å². The first-order chi connectivity index (χ1) is 36.9. The highest BCUT2D eigenvalue weighted by molar-refractivity contribution is 6.30. The average Bonchev–Trinajstić information content (AvgIpc) is 3.97. The van der Waals surface area contributed by atoms with Crippen LogP contribution in [0.4, 0.5) is 0 Å². The topological polar surface area (TPSA) is 201 Å². The number of benzene rings is 4. The fourth-order valence-electron chi connectivity index (χ4n) is 10.8. The predicted molar refractivity (Wildman–Crippen MR) is 303 cm³/mol. The van der Waals surface area contributed by atoms with Gasteiger partial charge in [0.05, 0.1) is 24.2 Å². The smallest absolute Gasteiger partial charge is 0.251 e. The van der Waals surface area contributed by atoms with Crippen molar-refractivity contribution in [2.24, 2.45) is 10.8 Å². The SMILES string of the molecule is CN[C@@H](C)C(=O)N[C@H](C(=O)N1C[C@@H](NC(=O)c2ccc(CN(C(=O)[C@@H]3Cc4ccccc4CN3C(=O)[C@@H](NC(=O)[C@H](C)NC)C(C)(C)C)[C@@H](C)c3cccc(Cl)c3)cc2)C[C@H]1C(=O)N[C@@H]1CCCc2ccccc21)C(C)(C)C. The molecule has 7 rings (SSSR count). The van der Waals surface area contributed by atoms with Gasteiger partial charge in [0.1, 0.15) is 24.2 Å². The Balaban J connectivity index is 1.15. The van der Waals surface area contributed by atoms with Crippen LogP contribution in [0.5, 0.6) is 0 Å². The second-order valence-corrected chi connectivity index (χ2v) is 24.0. The number of carbonyl (C=O) groups excluding carboxylic acids is 7. The van der Waals surface area contributed by atoms with Crippen LogP contribution in [0.1, 0.15) is 137 Å². The number of carbonyl (C=O) groups is 7. The number of halogens is 1. The molecule has 0 unspecified atom stereocenters. The summed E-state index contributed by atoms with van der Waals surface area (Å²) in [4.78, 5) is 105. The van der Waals surface area contributed by atoms with Crippen molar-refractivity contribution in [3.8, 4) is 0 Å². The first kappa shape index (κ1) is 59.0. The summed E-state index contributed by atoms with van der Waals surface area (Å²) < 4.78 is 0. The first-order valence-corrected chi connectivity index (χ1v) is 27.7. The highest BCUT2D eigenvalue weighted by atomic mass is 35.5. The molecule has 1 aliphatic carbocycles. The van der Waals surface area contributed by atoms with Crippen molar-refractivity contribution < 1.29 is 33.6 Å². The van der Waals surface area contributed by atoms with Gasteiger partial charge in [-0.3, -0.25) is 33.6 Å². The van der Waals surface area contributed by atoms with Gasteiger partial charge in [-0.25, -0.2) is 0 Å². The van der Waals surface area contributed by atoms with E-state index in [1.165, 1.54) is 10.5 Å². The number of likely N-dealkylation sites (N-methyl/N-ethyl adjacent to an activating group) is 2. The molecule has 2 heterocycles. The standard InChI is InChI=1S/C61H80ClN9O7/c1-36(63-10)53(72)67-51(60(4,5)6)58(77)70-34-44-20-13-12-19-43(44)31-50(70)57(76)69(38(3)42-22-16-23-45(62)30-42)33-39-26-28-41(29-27-39)55(74)65-46-32-49(56(75)66-48-25-17-21-40-18-14-15-24-47(40)48)71(35-46)59(78)52(61(7,8)9)68-54(73)37(2)64-11/h12-16,18-20,22-24,26-30,36-38,46,48-52,63-64H,17,21,25,31-35H2,1-11H3,(H,65,74)(H,66,75)(H,67,72)(H,68,73)/t36-,37-,38-,46-,48+,49-,50-,51+,52+/m0/s1. The minimum Gasteiger partial charge on any atom is -0.347 e. The Hall–Kier alpha value is -6.62. The fourth-order valence-corrected chi connectivity index (χ4v) is 11.0. The zero-order valence-electron chi connectivity index (χ0n) is 47.2. The maximum absolute atomic E-state index is 15.5. The van der Waals surface area contributed by atoms with E-state index in [2.05, 4.69) is 38.0 Å². The summed E-state index contributed by atoms with van der Waals surface area (Å²) in [5.41, 5.74) is 4.48. The van der Waals surface area contributed by atoms with Crippen molar-refractivity contribution in [1.29, 1.82) is 0 Å². The molecule has 16 nitrogen and oxygen atoms in total. The summed E-state index contributed by atoms with van der Waals surface area (Å²) in [5.74, 6) is -2.51. The Morgan fingerprint density at radius 1 is 0.679 bits per heavy atom. The molecular formula is C61H80ClN9O7. The van der Waals surface area contributed by atoms with Gasteiger partial charge < -0.3 is 46.6 Å². The van der Waals surface area contributed by atoms with E-state index < -0.39 is 71.0 Å². The van der Waals surface area contributed by atoms with Crippen molar-refractivity contribution >= 4 is 53.0 Å². The van der Waals surface area contributed by atoms with Gasteiger partial charge in [-0.1, -0.05) is 126 Å².